The fourth-order valence-corrected chi connectivity index (χ4v) is 2.98. The van der Waals surface area contributed by atoms with Crippen molar-refractivity contribution >= 4 is 11.8 Å². The molecule has 1 aliphatic rings. The Morgan fingerprint density at radius 3 is 2.53 bits per heavy atom. The number of nitrogens with one attached hydrogen (secondary N) is 1. The second-order valence-electron chi connectivity index (χ2n) is 5.14. The third-order valence-electron chi connectivity index (χ3n) is 3.37. The molecule has 90 valence electrons. The molecule has 0 radical (unpaired) electrons. The summed E-state index contributed by atoms with van der Waals surface area (Å²) in [6.07, 6.45) is 4.40. The zero-order valence-electron chi connectivity index (χ0n) is 10.6. The Balaban J connectivity index is 1.99. The molecule has 0 aliphatic heterocycles. The maximum Gasteiger partial charge on any atom is -0.00177 e. The lowest BCUT2D eigenvalue weighted by molar-refractivity contribution is 0.166. The van der Waals surface area contributed by atoms with E-state index < -0.39 is 0 Å². The van der Waals surface area contributed by atoms with Crippen molar-refractivity contribution in [1.29, 1.82) is 0 Å². The van der Waals surface area contributed by atoms with E-state index in [9.17, 15) is 0 Å². The number of hydrogen-bond donors (Lipinski definition) is 1. The van der Waals surface area contributed by atoms with Crippen molar-refractivity contribution in [3.63, 3.8) is 0 Å². The minimum Gasteiger partial charge on any atom is -0.316 e. The Kier molecular flexibility index (Phi) is 6.74. The molecule has 0 spiro atoms. The van der Waals surface area contributed by atoms with Gasteiger partial charge in [0.25, 0.3) is 0 Å². The summed E-state index contributed by atoms with van der Waals surface area (Å²) < 4.78 is 0. The maximum atomic E-state index is 3.60. The predicted octanol–water partition coefficient (Wildman–Crippen LogP) is 3.40. The summed E-state index contributed by atoms with van der Waals surface area (Å²) in [7, 11) is 0. The van der Waals surface area contributed by atoms with Gasteiger partial charge in [-0.2, -0.15) is 11.8 Å². The molecule has 0 saturated heterocycles. The van der Waals surface area contributed by atoms with E-state index >= 15 is 0 Å². The lowest BCUT2D eigenvalue weighted by Crippen LogP contribution is -2.36. The topological polar surface area (TPSA) is 12.0 Å². The highest BCUT2D eigenvalue weighted by Gasteiger charge is 2.29. The van der Waals surface area contributed by atoms with E-state index in [0.717, 1.165) is 17.8 Å². The smallest absolute Gasteiger partial charge is 0.00177 e. The van der Waals surface area contributed by atoms with Gasteiger partial charge in [-0.25, -0.2) is 0 Å². The molecule has 0 aromatic rings. The Bertz CT molecular complexity index is 159. The quantitative estimate of drug-likeness (QED) is 0.640. The molecular formula is C13H27NS. The van der Waals surface area contributed by atoms with Crippen LogP contribution in [-0.2, 0) is 0 Å². The predicted molar refractivity (Wildman–Crippen MR) is 71.5 cm³/mol. The van der Waals surface area contributed by atoms with Crippen molar-refractivity contribution in [3.05, 3.63) is 0 Å². The molecule has 1 saturated carbocycles. The van der Waals surface area contributed by atoms with Gasteiger partial charge in [0, 0.05) is 0 Å². The van der Waals surface area contributed by atoms with Gasteiger partial charge in [0.1, 0.15) is 0 Å². The van der Waals surface area contributed by atoms with Crippen LogP contribution in [0, 0.1) is 17.8 Å². The van der Waals surface area contributed by atoms with Crippen LogP contribution < -0.4 is 5.32 Å². The molecule has 0 bridgehead atoms. The van der Waals surface area contributed by atoms with Crippen LogP contribution in [0.4, 0.5) is 0 Å². The van der Waals surface area contributed by atoms with E-state index in [1.54, 1.807) is 0 Å². The summed E-state index contributed by atoms with van der Waals surface area (Å²) in [4.78, 5) is 0. The van der Waals surface area contributed by atoms with Crippen LogP contribution in [0.2, 0.25) is 0 Å². The van der Waals surface area contributed by atoms with E-state index in [4.69, 9.17) is 0 Å². The lowest BCUT2D eigenvalue weighted by Gasteiger charge is -2.37. The fraction of sp³-hybridized carbons (Fsp3) is 1.00. The van der Waals surface area contributed by atoms with Crippen molar-refractivity contribution in [3.8, 4) is 0 Å². The average molecular weight is 229 g/mol. The minimum absolute atomic E-state index is 0.791. The summed E-state index contributed by atoms with van der Waals surface area (Å²) in [6.45, 7) is 9.27. The Morgan fingerprint density at radius 2 is 2.00 bits per heavy atom. The molecule has 1 rings (SSSR count). The number of rotatable bonds is 8. The van der Waals surface area contributed by atoms with Gasteiger partial charge in [-0.3, -0.25) is 0 Å². The first-order valence-corrected chi connectivity index (χ1v) is 7.68. The largest absolute Gasteiger partial charge is 0.316 e. The van der Waals surface area contributed by atoms with Gasteiger partial charge < -0.3 is 5.32 Å². The Hall–Kier alpha value is 0.310. The lowest BCUT2D eigenvalue weighted by atomic mass is 9.72. The van der Waals surface area contributed by atoms with E-state index in [2.05, 4.69) is 37.8 Å². The van der Waals surface area contributed by atoms with E-state index in [1.807, 2.05) is 0 Å². The number of hydrogen-bond acceptors (Lipinski definition) is 2. The fourth-order valence-electron chi connectivity index (χ4n) is 2.22. The summed E-state index contributed by atoms with van der Waals surface area (Å²) in [5.74, 6) is 5.47. The van der Waals surface area contributed by atoms with E-state index in [1.165, 1.54) is 43.9 Å². The van der Waals surface area contributed by atoms with Crippen molar-refractivity contribution in [1.82, 2.24) is 5.32 Å². The maximum absolute atomic E-state index is 3.60. The molecule has 2 heteroatoms. The number of thioether (sulfide) groups is 1. The van der Waals surface area contributed by atoms with Crippen molar-refractivity contribution in [2.45, 2.75) is 40.0 Å². The van der Waals surface area contributed by atoms with Crippen LogP contribution in [0.15, 0.2) is 0 Å². The highest BCUT2D eigenvalue weighted by Crippen LogP contribution is 2.36. The summed E-state index contributed by atoms with van der Waals surface area (Å²) in [5, 5.41) is 3.60. The zero-order chi connectivity index (χ0) is 11.1. The first-order chi connectivity index (χ1) is 7.24. The van der Waals surface area contributed by atoms with Crippen LogP contribution >= 0.6 is 11.8 Å². The van der Waals surface area contributed by atoms with Crippen LogP contribution in [-0.4, -0.2) is 24.6 Å². The van der Waals surface area contributed by atoms with Crippen LogP contribution in [0.3, 0.4) is 0 Å². The van der Waals surface area contributed by atoms with Gasteiger partial charge in [-0.05, 0) is 61.6 Å². The molecule has 1 nitrogen and oxygen atoms in total. The molecule has 15 heavy (non-hydrogen) atoms. The summed E-state index contributed by atoms with van der Waals surface area (Å²) >= 11 is 2.10. The molecular weight excluding hydrogens is 202 g/mol. The van der Waals surface area contributed by atoms with Gasteiger partial charge >= 0.3 is 0 Å². The van der Waals surface area contributed by atoms with Gasteiger partial charge in [0.05, 0.1) is 0 Å². The first-order valence-electron chi connectivity index (χ1n) is 6.52. The van der Waals surface area contributed by atoms with Crippen LogP contribution in [0.1, 0.15) is 40.0 Å². The second-order valence-corrected chi connectivity index (χ2v) is 6.53. The second kappa shape index (κ2) is 7.56. The molecule has 2 unspecified atom stereocenters. The highest BCUT2D eigenvalue weighted by atomic mass is 32.2. The van der Waals surface area contributed by atoms with Crippen LogP contribution in [0.5, 0.6) is 0 Å². The highest BCUT2D eigenvalue weighted by molar-refractivity contribution is 7.99. The SMILES string of the molecule is CCSCCC1CCC1CNCC(C)C. The van der Waals surface area contributed by atoms with Gasteiger partial charge in [-0.15, -0.1) is 0 Å². The molecule has 2 atom stereocenters. The molecule has 0 heterocycles. The van der Waals surface area contributed by atoms with Crippen molar-refractivity contribution < 1.29 is 0 Å². The third-order valence-corrected chi connectivity index (χ3v) is 4.30. The Morgan fingerprint density at radius 1 is 1.27 bits per heavy atom. The Labute approximate surface area is 99.8 Å². The van der Waals surface area contributed by atoms with Gasteiger partial charge in [0.2, 0.25) is 0 Å². The van der Waals surface area contributed by atoms with E-state index in [-0.39, 0.29) is 0 Å². The van der Waals surface area contributed by atoms with E-state index in [0.29, 0.717) is 0 Å². The third kappa shape index (κ3) is 5.26. The summed E-state index contributed by atoms with van der Waals surface area (Å²) in [6, 6.07) is 0. The standard InChI is InChI=1S/C13H27NS/c1-4-15-8-7-12-5-6-13(12)10-14-9-11(2)3/h11-14H,4-10H2,1-3H3. The molecule has 0 aromatic carbocycles. The molecule has 0 amide bonds. The molecule has 0 aromatic heterocycles. The normalized spacial score (nSPS) is 25.6. The van der Waals surface area contributed by atoms with Crippen molar-refractivity contribution in [2.24, 2.45) is 17.8 Å². The monoisotopic (exact) mass is 229 g/mol. The first kappa shape index (κ1) is 13.4. The molecule has 1 N–H and O–H groups in total. The molecule has 1 aliphatic carbocycles. The van der Waals surface area contributed by atoms with Crippen molar-refractivity contribution in [2.75, 3.05) is 24.6 Å². The van der Waals surface area contributed by atoms with Crippen LogP contribution in [0.25, 0.3) is 0 Å². The zero-order valence-corrected chi connectivity index (χ0v) is 11.4. The minimum atomic E-state index is 0.791. The average Bonchev–Trinajstić information content (AvgIpc) is 2.17. The van der Waals surface area contributed by atoms with Gasteiger partial charge in [-0.1, -0.05) is 20.8 Å². The molecule has 1 fully saturated rings. The van der Waals surface area contributed by atoms with Gasteiger partial charge in [0.15, 0.2) is 0 Å². The summed E-state index contributed by atoms with van der Waals surface area (Å²) in [5.41, 5.74) is 0.